The zero-order valence-electron chi connectivity index (χ0n) is 11.2. The van der Waals surface area contributed by atoms with E-state index in [1.54, 1.807) is 0 Å². The van der Waals surface area contributed by atoms with Crippen molar-refractivity contribution >= 4 is 0 Å². The first-order chi connectivity index (χ1) is 9.38. The van der Waals surface area contributed by atoms with E-state index in [1.165, 1.54) is 11.8 Å². The molecule has 19 heavy (non-hydrogen) atoms. The number of rotatable bonds is 9. The SMILES string of the molecule is OCCOCCN(C[C]1[CH][CH][CH][CH]1)C[C]1[CH][CH][CH][CH]1. The summed E-state index contributed by atoms with van der Waals surface area (Å²) in [5.41, 5.74) is 0. The van der Waals surface area contributed by atoms with Crippen molar-refractivity contribution in [2.24, 2.45) is 0 Å². The van der Waals surface area contributed by atoms with E-state index in [-0.39, 0.29) is 6.61 Å². The van der Waals surface area contributed by atoms with Crippen LogP contribution in [0.5, 0.6) is 0 Å². The Hall–Kier alpha value is -0.120. The maximum Gasteiger partial charge on any atom is 0.0698 e. The van der Waals surface area contributed by atoms with Gasteiger partial charge in [0.05, 0.1) is 19.8 Å². The van der Waals surface area contributed by atoms with Crippen LogP contribution in [-0.4, -0.2) is 49.5 Å². The lowest BCUT2D eigenvalue weighted by atomic mass is 10.0. The molecular weight excluding hydrogens is 238 g/mol. The van der Waals surface area contributed by atoms with Crippen LogP contribution in [0.25, 0.3) is 0 Å². The van der Waals surface area contributed by atoms with Gasteiger partial charge in [-0.2, -0.15) is 0 Å². The molecule has 0 aromatic heterocycles. The Morgan fingerprint density at radius 1 is 0.842 bits per heavy atom. The predicted octanol–water partition coefficient (Wildman–Crippen LogP) is 1.11. The maximum atomic E-state index is 8.71. The highest BCUT2D eigenvalue weighted by Gasteiger charge is 2.24. The minimum absolute atomic E-state index is 0.0890. The number of hydrogen-bond donors (Lipinski definition) is 1. The van der Waals surface area contributed by atoms with Crippen LogP contribution in [0, 0.1) is 63.2 Å². The summed E-state index contributed by atoms with van der Waals surface area (Å²) < 4.78 is 5.36. The molecule has 3 nitrogen and oxygen atoms in total. The normalized spacial score (nSPS) is 21.8. The molecule has 0 atom stereocenters. The lowest BCUT2D eigenvalue weighted by molar-refractivity contribution is 0.0759. The van der Waals surface area contributed by atoms with Gasteiger partial charge >= 0.3 is 0 Å². The van der Waals surface area contributed by atoms with Gasteiger partial charge in [0.1, 0.15) is 0 Å². The van der Waals surface area contributed by atoms with E-state index in [1.807, 2.05) is 0 Å². The number of aliphatic hydroxyl groups is 1. The molecule has 0 saturated heterocycles. The Kier molecular flexibility index (Phi) is 7.18. The highest BCUT2D eigenvalue weighted by Crippen LogP contribution is 2.27. The van der Waals surface area contributed by atoms with Gasteiger partial charge in [0.15, 0.2) is 0 Å². The van der Waals surface area contributed by atoms with Crippen LogP contribution in [0.3, 0.4) is 0 Å². The molecule has 2 fully saturated rings. The van der Waals surface area contributed by atoms with Gasteiger partial charge < -0.3 is 9.84 Å². The smallest absolute Gasteiger partial charge is 0.0698 e. The first kappa shape index (κ1) is 15.3. The highest BCUT2D eigenvalue weighted by atomic mass is 16.5. The van der Waals surface area contributed by atoms with Crippen molar-refractivity contribution in [2.45, 2.75) is 0 Å². The van der Waals surface area contributed by atoms with E-state index in [0.29, 0.717) is 13.2 Å². The lowest BCUT2D eigenvalue weighted by Gasteiger charge is -2.27. The molecule has 102 valence electrons. The standard InChI is InChI=1S/C16H21NO2/c18-10-12-19-11-9-17(13-15-5-1-2-6-15)14-16-7-3-4-8-16/h1-8,18H,9-14H2. The Labute approximate surface area is 118 Å². The van der Waals surface area contributed by atoms with Gasteiger partial charge in [-0.3, -0.25) is 4.90 Å². The van der Waals surface area contributed by atoms with Crippen LogP contribution in [-0.2, 0) is 4.74 Å². The number of ether oxygens (including phenoxy) is 1. The van der Waals surface area contributed by atoms with Gasteiger partial charge in [0.25, 0.3) is 0 Å². The van der Waals surface area contributed by atoms with Crippen LogP contribution < -0.4 is 0 Å². The van der Waals surface area contributed by atoms with E-state index in [0.717, 1.165) is 19.6 Å². The van der Waals surface area contributed by atoms with E-state index in [2.05, 4.69) is 56.3 Å². The molecule has 2 rings (SSSR count). The minimum Gasteiger partial charge on any atom is -0.394 e. The third kappa shape index (κ3) is 5.80. The van der Waals surface area contributed by atoms with Crippen LogP contribution in [0.1, 0.15) is 0 Å². The largest absolute Gasteiger partial charge is 0.394 e. The summed E-state index contributed by atoms with van der Waals surface area (Å²) in [6.07, 6.45) is 16.9. The van der Waals surface area contributed by atoms with Crippen LogP contribution in [0.2, 0.25) is 0 Å². The first-order valence-electron chi connectivity index (χ1n) is 6.70. The lowest BCUT2D eigenvalue weighted by Crippen LogP contribution is -2.35. The molecule has 0 aliphatic heterocycles. The minimum atomic E-state index is 0.0890. The molecule has 0 aromatic rings. The van der Waals surface area contributed by atoms with Gasteiger partial charge in [-0.25, -0.2) is 0 Å². The number of nitrogens with zero attached hydrogens (tertiary/aromatic N) is 1. The molecule has 0 aromatic carbocycles. The number of hydrogen-bond acceptors (Lipinski definition) is 3. The summed E-state index contributed by atoms with van der Waals surface area (Å²) in [6, 6.07) is 0. The second-order valence-electron chi connectivity index (χ2n) is 4.63. The zero-order chi connectivity index (χ0) is 13.3. The third-order valence-corrected chi connectivity index (χ3v) is 3.06. The molecule has 0 spiro atoms. The Morgan fingerprint density at radius 2 is 1.37 bits per heavy atom. The molecule has 0 unspecified atom stereocenters. The Balaban J connectivity index is 1.70. The van der Waals surface area contributed by atoms with E-state index in [9.17, 15) is 0 Å². The van der Waals surface area contributed by atoms with E-state index in [4.69, 9.17) is 9.84 Å². The summed E-state index contributed by atoms with van der Waals surface area (Å²) in [7, 11) is 0. The van der Waals surface area contributed by atoms with Gasteiger partial charge in [-0.15, -0.1) is 0 Å². The van der Waals surface area contributed by atoms with E-state index < -0.39 is 0 Å². The van der Waals surface area contributed by atoms with Crippen LogP contribution in [0.4, 0.5) is 0 Å². The second kappa shape index (κ2) is 8.93. The zero-order valence-corrected chi connectivity index (χ0v) is 11.2. The summed E-state index contributed by atoms with van der Waals surface area (Å²) in [4.78, 5) is 2.36. The van der Waals surface area contributed by atoms with Crippen molar-refractivity contribution in [1.82, 2.24) is 4.90 Å². The average molecular weight is 259 g/mol. The quantitative estimate of drug-likeness (QED) is 0.630. The van der Waals surface area contributed by atoms with Gasteiger partial charge in [-0.05, 0) is 63.2 Å². The molecule has 1 N–H and O–H groups in total. The number of aliphatic hydroxyl groups excluding tert-OH is 1. The molecule has 0 heterocycles. The third-order valence-electron chi connectivity index (χ3n) is 3.06. The Bertz CT molecular complexity index is 205. The molecule has 0 bridgehead atoms. The molecule has 2 saturated carbocycles. The molecule has 0 amide bonds. The van der Waals surface area contributed by atoms with Gasteiger partial charge in [0.2, 0.25) is 0 Å². The average Bonchev–Trinajstić information content (AvgIpc) is 3.08. The maximum absolute atomic E-state index is 8.71. The fourth-order valence-electron chi connectivity index (χ4n) is 2.13. The summed E-state index contributed by atoms with van der Waals surface area (Å²) >= 11 is 0. The summed E-state index contributed by atoms with van der Waals surface area (Å²) in [5.74, 6) is 2.66. The highest BCUT2D eigenvalue weighted by molar-refractivity contribution is 5.38. The van der Waals surface area contributed by atoms with E-state index >= 15 is 0 Å². The van der Waals surface area contributed by atoms with Crippen molar-refractivity contribution in [3.8, 4) is 0 Å². The van der Waals surface area contributed by atoms with Crippen LogP contribution in [0.15, 0.2) is 0 Å². The molecule has 2 aliphatic rings. The first-order valence-corrected chi connectivity index (χ1v) is 6.70. The topological polar surface area (TPSA) is 32.7 Å². The predicted molar refractivity (Wildman–Crippen MR) is 75.2 cm³/mol. The van der Waals surface area contributed by atoms with Crippen molar-refractivity contribution in [2.75, 3.05) is 39.5 Å². The fraction of sp³-hybridized carbons (Fsp3) is 0.375. The molecule has 2 aliphatic carbocycles. The monoisotopic (exact) mass is 259 g/mol. The molecular formula is C16H21NO2. The van der Waals surface area contributed by atoms with Gasteiger partial charge in [0, 0.05) is 19.6 Å². The van der Waals surface area contributed by atoms with Gasteiger partial charge in [-0.1, -0.05) is 0 Å². The summed E-state index contributed by atoms with van der Waals surface area (Å²) in [6.45, 7) is 3.89. The fourth-order valence-corrected chi connectivity index (χ4v) is 2.13. The van der Waals surface area contributed by atoms with Crippen molar-refractivity contribution in [3.05, 3.63) is 63.2 Å². The van der Waals surface area contributed by atoms with Crippen molar-refractivity contribution < 1.29 is 9.84 Å². The van der Waals surface area contributed by atoms with Crippen molar-refractivity contribution in [3.63, 3.8) is 0 Å². The second-order valence-corrected chi connectivity index (χ2v) is 4.63. The van der Waals surface area contributed by atoms with Crippen LogP contribution >= 0.6 is 0 Å². The van der Waals surface area contributed by atoms with Crippen molar-refractivity contribution in [1.29, 1.82) is 0 Å². The molecule has 3 heteroatoms. The summed E-state index contributed by atoms with van der Waals surface area (Å²) in [5, 5.41) is 8.71. The Morgan fingerprint density at radius 3 is 1.84 bits per heavy atom. The molecule has 10 radical (unpaired) electrons.